The second-order valence-corrected chi connectivity index (χ2v) is 9.46. The van der Waals surface area contributed by atoms with Crippen molar-refractivity contribution in [2.75, 3.05) is 0 Å². The van der Waals surface area contributed by atoms with E-state index in [1.54, 1.807) is 0 Å². The molecule has 2 N–H and O–H groups in total. The molecule has 5 nitrogen and oxygen atoms in total. The number of aliphatic hydroxyl groups excluding tert-OH is 1. The van der Waals surface area contributed by atoms with E-state index in [2.05, 4.69) is 6.92 Å². The predicted molar refractivity (Wildman–Crippen MR) is 94.2 cm³/mol. The Bertz CT molecular complexity index is 709. The lowest BCUT2D eigenvalue weighted by atomic mass is 9.46. The maximum absolute atomic E-state index is 12.3. The summed E-state index contributed by atoms with van der Waals surface area (Å²) in [5.74, 6) is -1.65. The van der Waals surface area contributed by atoms with E-state index in [4.69, 9.17) is 0 Å². The predicted octanol–water partition coefficient (Wildman–Crippen LogP) is 2.76. The van der Waals surface area contributed by atoms with Gasteiger partial charge in [-0.3, -0.25) is 9.59 Å². The van der Waals surface area contributed by atoms with E-state index in [0.717, 1.165) is 25.7 Å². The first-order chi connectivity index (χ1) is 12.2. The second-order valence-electron chi connectivity index (χ2n) is 9.46. The molecule has 0 aromatic rings. The van der Waals surface area contributed by atoms with Crippen LogP contribution in [0.25, 0.3) is 0 Å². The highest BCUT2D eigenvalue weighted by molar-refractivity contribution is 6.33. The van der Waals surface area contributed by atoms with Gasteiger partial charge in [0.05, 0.1) is 6.10 Å². The summed E-state index contributed by atoms with van der Waals surface area (Å²) >= 11 is 0. The van der Waals surface area contributed by atoms with E-state index in [1.807, 2.05) is 13.0 Å². The minimum absolute atomic E-state index is 0.104. The van der Waals surface area contributed by atoms with Gasteiger partial charge in [-0.05, 0) is 73.2 Å². The van der Waals surface area contributed by atoms with Gasteiger partial charge in [-0.15, -0.1) is 0 Å². The molecule has 3 fully saturated rings. The summed E-state index contributed by atoms with van der Waals surface area (Å²) in [7, 11) is 0. The lowest BCUT2D eigenvalue weighted by molar-refractivity contribution is -0.159. The lowest BCUT2D eigenvalue weighted by Crippen LogP contribution is -2.57. The molecular formula is C21H28O5. The lowest BCUT2D eigenvalue weighted by Gasteiger charge is -2.59. The molecule has 0 bridgehead atoms. The molecule has 0 amide bonds. The molecule has 5 heteroatoms. The van der Waals surface area contributed by atoms with Gasteiger partial charge in [0.25, 0.3) is 0 Å². The zero-order valence-corrected chi connectivity index (χ0v) is 15.5. The molecule has 0 aromatic heterocycles. The summed E-state index contributed by atoms with van der Waals surface area (Å²) in [6, 6.07) is 0. The van der Waals surface area contributed by atoms with E-state index < -0.39 is 29.2 Å². The first kappa shape index (κ1) is 17.9. The van der Waals surface area contributed by atoms with Crippen molar-refractivity contribution in [3.63, 3.8) is 0 Å². The number of carboxylic acid groups (broad SMARTS) is 1. The number of hydrogen-bond donors (Lipinski definition) is 2. The minimum atomic E-state index is -1.35. The van der Waals surface area contributed by atoms with Gasteiger partial charge in [0.2, 0.25) is 5.78 Å². The quantitative estimate of drug-likeness (QED) is 0.739. The van der Waals surface area contributed by atoms with Crippen LogP contribution >= 0.6 is 0 Å². The number of carbonyl (C=O) groups excluding carboxylic acids is 2. The van der Waals surface area contributed by atoms with Crippen molar-refractivity contribution >= 4 is 17.5 Å². The fourth-order valence-electron chi connectivity index (χ4n) is 7.27. The van der Waals surface area contributed by atoms with Crippen LogP contribution in [0.3, 0.4) is 0 Å². The smallest absolute Gasteiger partial charge is 0.372 e. The molecule has 4 aliphatic carbocycles. The monoisotopic (exact) mass is 360 g/mol. The summed E-state index contributed by atoms with van der Waals surface area (Å²) in [4.78, 5) is 35.4. The molecule has 0 radical (unpaired) electrons. The highest BCUT2D eigenvalue weighted by Gasteiger charge is 2.63. The summed E-state index contributed by atoms with van der Waals surface area (Å²) in [5.41, 5.74) is 0.610. The van der Waals surface area contributed by atoms with Gasteiger partial charge in [-0.1, -0.05) is 19.4 Å². The third-order valence-corrected chi connectivity index (χ3v) is 8.42. The number of Topliss-reactive ketones (excluding diaryl/α,β-unsaturated/α-hetero) is 1. The highest BCUT2D eigenvalue weighted by Crippen LogP contribution is 2.66. The molecule has 0 spiro atoms. The standard InChI is InChI=1S/C21H28O5/c1-20-8-7-12(22)9-11(20)3-4-13-14-5-6-15(18(24)19(25)26)21(14,2)10-16(23)17(13)20/h9,13-17,23H,3-8,10H2,1-2H3,(H,25,26)/t13-,14-,15+,16?,17+,20-,21-/m0/s1. The number of carbonyl (C=O) groups is 3. The molecule has 26 heavy (non-hydrogen) atoms. The highest BCUT2D eigenvalue weighted by atomic mass is 16.4. The molecule has 0 heterocycles. The van der Waals surface area contributed by atoms with Crippen molar-refractivity contribution in [2.45, 2.75) is 64.9 Å². The molecule has 4 aliphatic rings. The van der Waals surface area contributed by atoms with Gasteiger partial charge < -0.3 is 10.2 Å². The van der Waals surface area contributed by atoms with Gasteiger partial charge in [0, 0.05) is 12.3 Å². The van der Waals surface area contributed by atoms with Crippen LogP contribution in [0, 0.1) is 34.5 Å². The van der Waals surface area contributed by atoms with Gasteiger partial charge in [-0.2, -0.15) is 0 Å². The normalized spacial score (nSPS) is 47.4. The molecule has 0 aliphatic heterocycles. The number of rotatable bonds is 2. The zero-order chi connectivity index (χ0) is 18.9. The van der Waals surface area contributed by atoms with Crippen LogP contribution < -0.4 is 0 Å². The summed E-state index contributed by atoms with van der Waals surface area (Å²) in [5, 5.41) is 20.4. The van der Waals surface area contributed by atoms with Crippen LogP contribution in [-0.4, -0.2) is 33.9 Å². The maximum atomic E-state index is 12.3. The Morgan fingerprint density at radius 1 is 1.15 bits per heavy atom. The first-order valence-electron chi connectivity index (χ1n) is 9.87. The Kier molecular flexibility index (Phi) is 3.96. The fourth-order valence-corrected chi connectivity index (χ4v) is 7.27. The molecule has 0 aromatic carbocycles. The van der Waals surface area contributed by atoms with E-state index in [-0.39, 0.29) is 23.0 Å². The number of hydrogen-bond acceptors (Lipinski definition) is 4. The van der Waals surface area contributed by atoms with Crippen molar-refractivity contribution in [3.05, 3.63) is 11.6 Å². The summed E-state index contributed by atoms with van der Waals surface area (Å²) in [6.07, 6.45) is 6.35. The average Bonchev–Trinajstić information content (AvgIpc) is 2.90. The van der Waals surface area contributed by atoms with E-state index in [9.17, 15) is 24.6 Å². The molecule has 1 unspecified atom stereocenters. The molecule has 3 saturated carbocycles. The largest absolute Gasteiger partial charge is 0.475 e. The van der Waals surface area contributed by atoms with Crippen LogP contribution in [0.15, 0.2) is 11.6 Å². The minimum Gasteiger partial charge on any atom is -0.475 e. The van der Waals surface area contributed by atoms with Crippen molar-refractivity contribution in [1.29, 1.82) is 0 Å². The Morgan fingerprint density at radius 2 is 1.88 bits per heavy atom. The molecular weight excluding hydrogens is 332 g/mol. The number of ketones is 2. The van der Waals surface area contributed by atoms with Crippen LogP contribution in [0.2, 0.25) is 0 Å². The fraction of sp³-hybridized carbons (Fsp3) is 0.762. The summed E-state index contributed by atoms with van der Waals surface area (Å²) in [6.45, 7) is 4.22. The van der Waals surface area contributed by atoms with Crippen LogP contribution in [-0.2, 0) is 14.4 Å². The molecule has 4 rings (SSSR count). The number of aliphatic carboxylic acids is 1. The number of aliphatic hydroxyl groups is 1. The first-order valence-corrected chi connectivity index (χ1v) is 9.87. The SMILES string of the molecule is C[C@]12CC(O)[C@H]3[C@@H](CCC4=CC(=O)CC[C@@]43C)[C@@H]1CC[C@@H]2C(=O)C(=O)O. The van der Waals surface area contributed by atoms with Crippen LogP contribution in [0.5, 0.6) is 0 Å². The number of fused-ring (bicyclic) bond motifs is 5. The van der Waals surface area contributed by atoms with Crippen molar-refractivity contribution < 1.29 is 24.6 Å². The van der Waals surface area contributed by atoms with Gasteiger partial charge in [0.1, 0.15) is 0 Å². The second kappa shape index (κ2) is 5.75. The topological polar surface area (TPSA) is 91.7 Å². The van der Waals surface area contributed by atoms with Crippen LogP contribution in [0.4, 0.5) is 0 Å². The average molecular weight is 360 g/mol. The number of allylic oxidation sites excluding steroid dienone is 1. The molecule has 0 saturated heterocycles. The third-order valence-electron chi connectivity index (χ3n) is 8.42. The molecule has 7 atom stereocenters. The van der Waals surface area contributed by atoms with E-state index in [0.29, 0.717) is 25.2 Å². The van der Waals surface area contributed by atoms with Gasteiger partial charge >= 0.3 is 5.97 Å². The third kappa shape index (κ3) is 2.29. The maximum Gasteiger partial charge on any atom is 0.372 e. The van der Waals surface area contributed by atoms with E-state index >= 15 is 0 Å². The van der Waals surface area contributed by atoms with Gasteiger partial charge in [0.15, 0.2) is 5.78 Å². The zero-order valence-electron chi connectivity index (χ0n) is 15.5. The van der Waals surface area contributed by atoms with E-state index in [1.165, 1.54) is 5.57 Å². The van der Waals surface area contributed by atoms with Crippen molar-refractivity contribution in [2.24, 2.45) is 34.5 Å². The Hall–Kier alpha value is -1.49. The Morgan fingerprint density at radius 3 is 2.58 bits per heavy atom. The molecule has 142 valence electrons. The van der Waals surface area contributed by atoms with Gasteiger partial charge in [-0.25, -0.2) is 4.79 Å². The van der Waals surface area contributed by atoms with Crippen molar-refractivity contribution in [3.8, 4) is 0 Å². The Labute approximate surface area is 153 Å². The summed E-state index contributed by atoms with van der Waals surface area (Å²) < 4.78 is 0. The number of carboxylic acids is 1. The van der Waals surface area contributed by atoms with Crippen molar-refractivity contribution in [1.82, 2.24) is 0 Å². The Balaban J connectivity index is 1.70. The van der Waals surface area contributed by atoms with Crippen LogP contribution in [0.1, 0.15) is 58.8 Å².